The van der Waals surface area contributed by atoms with E-state index in [1.807, 2.05) is 18.3 Å². The lowest BCUT2D eigenvalue weighted by Gasteiger charge is -2.30. The van der Waals surface area contributed by atoms with Crippen LogP contribution >= 0.6 is 0 Å². The van der Waals surface area contributed by atoms with Crippen molar-refractivity contribution in [2.24, 2.45) is 0 Å². The van der Waals surface area contributed by atoms with E-state index in [0.717, 1.165) is 41.0 Å². The maximum Gasteiger partial charge on any atom is 0.160 e. The second-order valence-electron chi connectivity index (χ2n) is 7.91. The standard InChI is InChI=1S/C24H27NO3/c1-16(6-5-9-17-7-3-2-4-8-17)28-20-13-22-24(23(27)14-20)21-12-19(26)11-10-18(21)15-25-22/h2-4,7-8,10,12,15-16,20,23,27H,5-6,9,11,13-14H2,1H3. The summed E-state index contributed by atoms with van der Waals surface area (Å²) in [6.07, 6.45) is 9.61. The molecule has 0 amide bonds. The van der Waals surface area contributed by atoms with Gasteiger partial charge in [-0.25, -0.2) is 0 Å². The van der Waals surface area contributed by atoms with E-state index >= 15 is 0 Å². The number of aliphatic hydroxyl groups excluding tert-OH is 1. The Hall–Kier alpha value is -2.30. The fourth-order valence-corrected chi connectivity index (χ4v) is 4.29. The number of carbonyl (C=O) groups is 1. The molecule has 0 spiro atoms. The molecule has 3 unspecified atom stereocenters. The summed E-state index contributed by atoms with van der Waals surface area (Å²) in [7, 11) is 0. The van der Waals surface area contributed by atoms with Gasteiger partial charge in [0.05, 0.1) is 18.3 Å². The Labute approximate surface area is 165 Å². The Kier molecular flexibility index (Phi) is 5.69. The van der Waals surface area contributed by atoms with Gasteiger partial charge in [0.25, 0.3) is 0 Å². The van der Waals surface area contributed by atoms with Crippen LogP contribution in [0.15, 0.2) is 36.5 Å². The second-order valence-corrected chi connectivity index (χ2v) is 7.91. The van der Waals surface area contributed by atoms with Crippen molar-refractivity contribution in [1.29, 1.82) is 0 Å². The summed E-state index contributed by atoms with van der Waals surface area (Å²) in [6, 6.07) is 10.5. The molecule has 146 valence electrons. The van der Waals surface area contributed by atoms with Crippen molar-refractivity contribution < 1.29 is 14.6 Å². The Balaban J connectivity index is 1.39. The van der Waals surface area contributed by atoms with Crippen LogP contribution in [0, 0.1) is 0 Å². The van der Waals surface area contributed by atoms with Gasteiger partial charge in [-0.1, -0.05) is 36.4 Å². The minimum absolute atomic E-state index is 0.0388. The number of benzene rings is 1. The van der Waals surface area contributed by atoms with Crippen molar-refractivity contribution in [3.63, 3.8) is 0 Å². The number of aryl methyl sites for hydroxylation is 1. The topological polar surface area (TPSA) is 59.4 Å². The number of aliphatic hydroxyl groups is 1. The van der Waals surface area contributed by atoms with E-state index in [9.17, 15) is 9.90 Å². The van der Waals surface area contributed by atoms with Crippen LogP contribution in [0.25, 0.3) is 12.2 Å². The molecular formula is C24H27NO3. The minimum Gasteiger partial charge on any atom is -0.388 e. The zero-order chi connectivity index (χ0) is 19.5. The fraction of sp³-hybridized carbons (Fsp3) is 0.417. The first-order valence-corrected chi connectivity index (χ1v) is 10.2. The summed E-state index contributed by atoms with van der Waals surface area (Å²) >= 11 is 0. The molecule has 0 fully saturated rings. The zero-order valence-corrected chi connectivity index (χ0v) is 16.3. The number of aromatic nitrogens is 1. The average Bonchev–Trinajstić information content (AvgIpc) is 2.68. The summed E-state index contributed by atoms with van der Waals surface area (Å²) < 4.78 is 6.24. The summed E-state index contributed by atoms with van der Waals surface area (Å²) in [5, 5.41) is 12.5. The highest BCUT2D eigenvalue weighted by molar-refractivity contribution is 6.09. The normalized spacial score (nSPS) is 21.9. The third-order valence-electron chi connectivity index (χ3n) is 5.68. The SMILES string of the molecule is CC(CCCc1ccccc1)OC1Cc2ncc3c(c2C(O)C1)=CC(=O)CC=3. The highest BCUT2D eigenvalue weighted by Crippen LogP contribution is 2.28. The quantitative estimate of drug-likeness (QED) is 0.840. The molecule has 4 heteroatoms. The number of nitrogens with zero attached hydrogens (tertiary/aromatic N) is 1. The van der Waals surface area contributed by atoms with Crippen LogP contribution in [0.3, 0.4) is 0 Å². The smallest absolute Gasteiger partial charge is 0.160 e. The molecule has 0 bridgehead atoms. The van der Waals surface area contributed by atoms with Gasteiger partial charge in [-0.15, -0.1) is 0 Å². The Morgan fingerprint density at radius 1 is 1.29 bits per heavy atom. The molecule has 0 saturated heterocycles. The van der Waals surface area contributed by atoms with Gasteiger partial charge < -0.3 is 9.84 Å². The van der Waals surface area contributed by atoms with Crippen LogP contribution < -0.4 is 10.4 Å². The molecular weight excluding hydrogens is 350 g/mol. The number of ketones is 1. The van der Waals surface area contributed by atoms with Gasteiger partial charge in [-0.05, 0) is 48.3 Å². The van der Waals surface area contributed by atoms with Crippen LogP contribution in [0.4, 0.5) is 0 Å². The molecule has 2 aromatic rings. The Morgan fingerprint density at radius 3 is 2.93 bits per heavy atom. The predicted molar refractivity (Wildman–Crippen MR) is 109 cm³/mol. The third-order valence-corrected chi connectivity index (χ3v) is 5.68. The maximum absolute atomic E-state index is 11.8. The van der Waals surface area contributed by atoms with E-state index in [-0.39, 0.29) is 18.0 Å². The molecule has 0 radical (unpaired) electrons. The van der Waals surface area contributed by atoms with Crippen LogP contribution in [0.5, 0.6) is 0 Å². The first-order valence-electron chi connectivity index (χ1n) is 10.2. The lowest BCUT2D eigenvalue weighted by Crippen LogP contribution is -2.40. The van der Waals surface area contributed by atoms with E-state index in [2.05, 4.69) is 36.2 Å². The van der Waals surface area contributed by atoms with E-state index in [1.165, 1.54) is 5.56 Å². The molecule has 28 heavy (non-hydrogen) atoms. The summed E-state index contributed by atoms with van der Waals surface area (Å²) in [5.74, 6) is 0.0820. The number of ether oxygens (including phenoxy) is 1. The fourth-order valence-electron chi connectivity index (χ4n) is 4.29. The molecule has 2 aliphatic carbocycles. The summed E-state index contributed by atoms with van der Waals surface area (Å²) in [4.78, 5) is 16.4. The molecule has 3 atom stereocenters. The Bertz CT molecular complexity index is 967. The number of pyridine rings is 1. The van der Waals surface area contributed by atoms with Crippen molar-refractivity contribution >= 4 is 17.9 Å². The second kappa shape index (κ2) is 8.38. The molecule has 2 aliphatic rings. The Morgan fingerprint density at radius 2 is 2.11 bits per heavy atom. The number of carbonyl (C=O) groups excluding carboxylic acids is 1. The van der Waals surface area contributed by atoms with Crippen molar-refractivity contribution in [2.75, 3.05) is 0 Å². The third kappa shape index (κ3) is 4.23. The average molecular weight is 377 g/mol. The van der Waals surface area contributed by atoms with Crippen molar-refractivity contribution in [1.82, 2.24) is 4.98 Å². The van der Waals surface area contributed by atoms with Crippen molar-refractivity contribution in [2.45, 2.75) is 63.8 Å². The monoisotopic (exact) mass is 377 g/mol. The van der Waals surface area contributed by atoms with Crippen LogP contribution in [-0.4, -0.2) is 28.1 Å². The molecule has 0 aliphatic heterocycles. The van der Waals surface area contributed by atoms with E-state index in [4.69, 9.17) is 4.74 Å². The number of hydrogen-bond acceptors (Lipinski definition) is 4. The highest BCUT2D eigenvalue weighted by Gasteiger charge is 2.29. The van der Waals surface area contributed by atoms with Crippen LogP contribution in [-0.2, 0) is 22.4 Å². The number of hydrogen-bond donors (Lipinski definition) is 1. The van der Waals surface area contributed by atoms with Crippen molar-refractivity contribution in [3.05, 3.63) is 63.8 Å². The first kappa shape index (κ1) is 19.0. The summed E-state index contributed by atoms with van der Waals surface area (Å²) in [5.41, 5.74) is 3.03. The van der Waals surface area contributed by atoms with E-state index in [0.29, 0.717) is 19.3 Å². The van der Waals surface area contributed by atoms with Crippen LogP contribution in [0.1, 0.15) is 55.5 Å². The molecule has 4 nitrogen and oxygen atoms in total. The highest BCUT2D eigenvalue weighted by atomic mass is 16.5. The maximum atomic E-state index is 11.8. The lowest BCUT2D eigenvalue weighted by atomic mass is 9.88. The lowest BCUT2D eigenvalue weighted by molar-refractivity contribution is -0.112. The summed E-state index contributed by atoms with van der Waals surface area (Å²) in [6.45, 7) is 2.11. The molecule has 4 rings (SSSR count). The predicted octanol–water partition coefficient (Wildman–Crippen LogP) is 2.39. The van der Waals surface area contributed by atoms with Gasteiger partial charge >= 0.3 is 0 Å². The molecule has 1 N–H and O–H groups in total. The molecule has 1 aromatic heterocycles. The molecule has 0 saturated carbocycles. The van der Waals surface area contributed by atoms with Gasteiger partial charge in [-0.3, -0.25) is 9.78 Å². The van der Waals surface area contributed by atoms with Crippen molar-refractivity contribution in [3.8, 4) is 0 Å². The van der Waals surface area contributed by atoms with Crippen LogP contribution in [0.2, 0.25) is 0 Å². The first-order chi connectivity index (χ1) is 13.6. The zero-order valence-electron chi connectivity index (χ0n) is 16.3. The minimum atomic E-state index is -0.636. The van der Waals surface area contributed by atoms with Gasteiger partial charge in [-0.2, -0.15) is 0 Å². The van der Waals surface area contributed by atoms with Gasteiger partial charge in [0.15, 0.2) is 5.78 Å². The molecule has 1 heterocycles. The van der Waals surface area contributed by atoms with E-state index in [1.54, 1.807) is 6.08 Å². The number of rotatable bonds is 6. The largest absolute Gasteiger partial charge is 0.388 e. The molecule has 1 aromatic carbocycles. The number of Topliss-reactive ketones (excluding diaryl/α,β-unsaturated/α-hetero) is 1. The van der Waals surface area contributed by atoms with Gasteiger partial charge in [0.1, 0.15) is 0 Å². The van der Waals surface area contributed by atoms with E-state index < -0.39 is 6.10 Å². The van der Waals surface area contributed by atoms with Gasteiger partial charge in [0, 0.05) is 36.7 Å². The van der Waals surface area contributed by atoms with Gasteiger partial charge in [0.2, 0.25) is 0 Å². The number of fused-ring (bicyclic) bond motifs is 3.